The van der Waals surface area contributed by atoms with Gasteiger partial charge in [0.05, 0.1) is 6.20 Å². The quantitative estimate of drug-likeness (QED) is 0.803. The van der Waals surface area contributed by atoms with Crippen molar-refractivity contribution in [2.24, 2.45) is 0 Å². The minimum absolute atomic E-state index is 0.0446. The summed E-state index contributed by atoms with van der Waals surface area (Å²) in [5.41, 5.74) is 3.23. The monoisotopic (exact) mass is 355 g/mol. The summed E-state index contributed by atoms with van der Waals surface area (Å²) < 4.78 is 1.66. The smallest absolute Gasteiger partial charge is 0.276 e. The number of carbonyl (C=O) groups excluding carboxylic acids is 2. The van der Waals surface area contributed by atoms with Crippen molar-refractivity contribution in [3.05, 3.63) is 46.8 Å². The highest BCUT2D eigenvalue weighted by Gasteiger charge is 2.21. The summed E-state index contributed by atoms with van der Waals surface area (Å²) in [5, 5.41) is 10.9. The largest absolute Gasteiger partial charge is 0.352 e. The van der Waals surface area contributed by atoms with Gasteiger partial charge < -0.3 is 10.2 Å². The molecule has 2 aromatic rings. The number of hydrogen-bond donors (Lipinski definition) is 1. The van der Waals surface area contributed by atoms with Crippen LogP contribution in [0.2, 0.25) is 0 Å². The van der Waals surface area contributed by atoms with Crippen LogP contribution in [0.1, 0.15) is 51.2 Å². The predicted octanol–water partition coefficient (Wildman–Crippen LogP) is 1.95. The molecule has 1 N–H and O–H groups in total. The van der Waals surface area contributed by atoms with Crippen molar-refractivity contribution in [3.63, 3.8) is 0 Å². The number of hydrogen-bond acceptors (Lipinski definition) is 4. The molecule has 7 heteroatoms. The first-order valence-electron chi connectivity index (χ1n) is 9.09. The Morgan fingerprint density at radius 1 is 1.12 bits per heavy atom. The van der Waals surface area contributed by atoms with E-state index in [1.54, 1.807) is 10.9 Å². The van der Waals surface area contributed by atoms with Gasteiger partial charge in [0.25, 0.3) is 11.8 Å². The van der Waals surface area contributed by atoms with Crippen molar-refractivity contribution in [2.45, 2.75) is 39.7 Å². The molecule has 0 aliphatic carbocycles. The number of amides is 2. The second-order valence-electron chi connectivity index (χ2n) is 6.85. The maximum atomic E-state index is 12.2. The van der Waals surface area contributed by atoms with Gasteiger partial charge in [0, 0.05) is 31.7 Å². The van der Waals surface area contributed by atoms with Gasteiger partial charge in [-0.05, 0) is 45.2 Å². The van der Waals surface area contributed by atoms with Gasteiger partial charge in [-0.15, -0.1) is 5.10 Å². The molecule has 0 atom stereocenters. The molecule has 0 unspecified atom stereocenters. The van der Waals surface area contributed by atoms with Crippen LogP contribution in [0.15, 0.2) is 24.4 Å². The lowest BCUT2D eigenvalue weighted by molar-refractivity contribution is 0.0786. The zero-order valence-corrected chi connectivity index (χ0v) is 15.4. The Balaban J connectivity index is 1.45. The predicted molar refractivity (Wildman–Crippen MR) is 98.0 cm³/mol. The van der Waals surface area contributed by atoms with Crippen molar-refractivity contribution >= 4 is 11.8 Å². The number of aromatic nitrogens is 3. The second-order valence-corrected chi connectivity index (χ2v) is 6.85. The first-order chi connectivity index (χ1) is 12.5. The molecule has 0 bridgehead atoms. The van der Waals surface area contributed by atoms with Crippen LogP contribution in [0.4, 0.5) is 0 Å². The highest BCUT2D eigenvalue weighted by Crippen LogP contribution is 2.11. The summed E-state index contributed by atoms with van der Waals surface area (Å²) in [6.45, 7) is 6.71. The van der Waals surface area contributed by atoms with E-state index in [2.05, 4.69) is 15.6 Å². The second kappa shape index (κ2) is 8.12. The Bertz CT molecular complexity index is 773. The molecule has 3 rings (SSSR count). The number of aryl methyl sites for hydroxylation is 3. The van der Waals surface area contributed by atoms with E-state index in [1.807, 2.05) is 36.9 Å². The zero-order chi connectivity index (χ0) is 18.5. The van der Waals surface area contributed by atoms with E-state index in [4.69, 9.17) is 0 Å². The first kappa shape index (κ1) is 18.1. The van der Waals surface area contributed by atoms with Gasteiger partial charge in [0.15, 0.2) is 5.69 Å². The number of nitrogens with zero attached hydrogens (tertiary/aromatic N) is 4. The van der Waals surface area contributed by atoms with E-state index >= 15 is 0 Å². The van der Waals surface area contributed by atoms with E-state index in [0.29, 0.717) is 24.3 Å². The molecule has 0 radical (unpaired) electrons. The van der Waals surface area contributed by atoms with E-state index in [-0.39, 0.29) is 11.8 Å². The van der Waals surface area contributed by atoms with Gasteiger partial charge in [-0.1, -0.05) is 22.4 Å². The zero-order valence-electron chi connectivity index (χ0n) is 15.4. The third-order valence-electron chi connectivity index (χ3n) is 4.48. The normalized spacial score (nSPS) is 13.8. The lowest BCUT2D eigenvalue weighted by atomic mass is 10.1. The number of benzene rings is 1. The Morgan fingerprint density at radius 3 is 2.50 bits per heavy atom. The summed E-state index contributed by atoms with van der Waals surface area (Å²) in [6, 6.07) is 5.81. The molecule has 1 fully saturated rings. The molecule has 1 aliphatic heterocycles. The number of nitrogens with one attached hydrogen (secondary N) is 1. The third kappa shape index (κ3) is 4.47. The molecular formula is C19H25N5O2. The molecule has 1 aromatic carbocycles. The summed E-state index contributed by atoms with van der Waals surface area (Å²) in [5.74, 6) is -0.114. The van der Waals surface area contributed by atoms with Gasteiger partial charge in [-0.25, -0.2) is 0 Å². The number of likely N-dealkylation sites (tertiary alicyclic amines) is 1. The van der Waals surface area contributed by atoms with Crippen LogP contribution in [0.5, 0.6) is 0 Å². The van der Waals surface area contributed by atoms with Crippen molar-refractivity contribution in [1.82, 2.24) is 25.2 Å². The minimum atomic E-state index is -0.0692. The molecule has 0 saturated carbocycles. The van der Waals surface area contributed by atoms with Crippen molar-refractivity contribution in [3.8, 4) is 0 Å². The maximum absolute atomic E-state index is 12.2. The van der Waals surface area contributed by atoms with E-state index in [0.717, 1.165) is 43.5 Å². The van der Waals surface area contributed by atoms with E-state index in [1.165, 1.54) is 0 Å². The molecule has 1 aromatic heterocycles. The molecule has 2 heterocycles. The average Bonchev–Trinajstić information content (AvgIpc) is 3.29. The van der Waals surface area contributed by atoms with Crippen molar-refractivity contribution < 1.29 is 9.59 Å². The summed E-state index contributed by atoms with van der Waals surface area (Å²) in [6.07, 6.45) is 4.52. The van der Waals surface area contributed by atoms with Crippen LogP contribution in [-0.2, 0) is 6.54 Å². The molecule has 26 heavy (non-hydrogen) atoms. The van der Waals surface area contributed by atoms with E-state index < -0.39 is 0 Å². The van der Waals surface area contributed by atoms with Crippen LogP contribution < -0.4 is 5.32 Å². The van der Waals surface area contributed by atoms with E-state index in [9.17, 15) is 9.59 Å². The standard InChI is InChI=1S/C19H25N5O2/c1-14-10-15(2)12-16(11-14)18(25)20-6-5-9-24-13-17(21-22-24)19(26)23-7-3-4-8-23/h10-13H,3-9H2,1-2H3,(H,20,25). The molecule has 138 valence electrons. The van der Waals surface area contributed by atoms with Gasteiger partial charge in [0.2, 0.25) is 0 Å². The average molecular weight is 355 g/mol. The molecule has 0 spiro atoms. The fourth-order valence-electron chi connectivity index (χ4n) is 3.24. The first-order valence-corrected chi connectivity index (χ1v) is 9.09. The van der Waals surface area contributed by atoms with Crippen LogP contribution in [-0.4, -0.2) is 51.3 Å². The summed E-state index contributed by atoms with van der Waals surface area (Å²) in [4.78, 5) is 26.3. The van der Waals surface area contributed by atoms with Crippen LogP contribution in [0.25, 0.3) is 0 Å². The van der Waals surface area contributed by atoms with Crippen molar-refractivity contribution in [1.29, 1.82) is 0 Å². The third-order valence-corrected chi connectivity index (χ3v) is 4.48. The highest BCUT2D eigenvalue weighted by atomic mass is 16.2. The summed E-state index contributed by atoms with van der Waals surface area (Å²) in [7, 11) is 0. The van der Waals surface area contributed by atoms with Gasteiger partial charge >= 0.3 is 0 Å². The van der Waals surface area contributed by atoms with Gasteiger partial charge in [-0.3, -0.25) is 14.3 Å². The topological polar surface area (TPSA) is 80.1 Å². The van der Waals surface area contributed by atoms with Gasteiger partial charge in [0.1, 0.15) is 0 Å². The van der Waals surface area contributed by atoms with Gasteiger partial charge in [-0.2, -0.15) is 0 Å². The van der Waals surface area contributed by atoms with Crippen LogP contribution in [0, 0.1) is 13.8 Å². The van der Waals surface area contributed by atoms with Crippen molar-refractivity contribution in [2.75, 3.05) is 19.6 Å². The lowest BCUT2D eigenvalue weighted by Crippen LogP contribution is -2.27. The Hall–Kier alpha value is -2.70. The number of carbonyl (C=O) groups is 2. The molecule has 7 nitrogen and oxygen atoms in total. The van der Waals surface area contributed by atoms with Crippen LogP contribution in [0.3, 0.4) is 0 Å². The lowest BCUT2D eigenvalue weighted by Gasteiger charge is -2.12. The fraction of sp³-hybridized carbons (Fsp3) is 0.474. The molecule has 1 saturated heterocycles. The molecule has 2 amide bonds. The number of rotatable bonds is 6. The maximum Gasteiger partial charge on any atom is 0.276 e. The molecular weight excluding hydrogens is 330 g/mol. The highest BCUT2D eigenvalue weighted by molar-refractivity contribution is 5.94. The Morgan fingerprint density at radius 2 is 1.81 bits per heavy atom. The SMILES string of the molecule is Cc1cc(C)cc(C(=O)NCCCn2cc(C(=O)N3CCCC3)nn2)c1. The minimum Gasteiger partial charge on any atom is -0.352 e. The van der Waals surface area contributed by atoms with Crippen LogP contribution >= 0.6 is 0 Å². The fourth-order valence-corrected chi connectivity index (χ4v) is 3.24. The molecule has 1 aliphatic rings. The Labute approximate surface area is 153 Å². The summed E-state index contributed by atoms with van der Waals surface area (Å²) >= 11 is 0. The Kier molecular flexibility index (Phi) is 5.65.